The second kappa shape index (κ2) is 8.30. The van der Waals surface area contributed by atoms with Gasteiger partial charge in [-0.25, -0.2) is 9.59 Å². The van der Waals surface area contributed by atoms with E-state index >= 15 is 0 Å². The largest absolute Gasteiger partial charge is 0.479 e. The van der Waals surface area contributed by atoms with E-state index < -0.39 is 29.6 Å². The summed E-state index contributed by atoms with van der Waals surface area (Å²) < 4.78 is 5.56. The van der Waals surface area contributed by atoms with Gasteiger partial charge in [-0.1, -0.05) is 62.4 Å². The normalized spacial score (nSPS) is 16.6. The average molecular weight is 437 g/mol. The van der Waals surface area contributed by atoms with Crippen LogP contribution in [0.3, 0.4) is 0 Å². The first-order chi connectivity index (χ1) is 15.3. The van der Waals surface area contributed by atoms with Gasteiger partial charge in [0.25, 0.3) is 0 Å². The monoisotopic (exact) mass is 436 g/mol. The molecular formula is C25H28N2O5. The predicted molar refractivity (Wildman–Crippen MR) is 119 cm³/mol. The highest BCUT2D eigenvalue weighted by Crippen LogP contribution is 2.44. The number of carboxylic acid groups (broad SMARTS) is 1. The molecule has 0 bridgehead atoms. The number of benzene rings is 2. The SMILES string of the molecule is CC(C)[C@H](NC(=O)OCC1c2ccccc2-c2ccccc21)C(=O)N(C)C1(C(=O)O)CC1. The number of hydrogen-bond donors (Lipinski definition) is 2. The summed E-state index contributed by atoms with van der Waals surface area (Å²) in [5.74, 6) is -1.74. The third-order valence-electron chi connectivity index (χ3n) is 6.64. The Labute approximate surface area is 187 Å². The number of carbonyl (C=O) groups is 3. The molecule has 2 aliphatic carbocycles. The van der Waals surface area contributed by atoms with E-state index in [-0.39, 0.29) is 18.4 Å². The molecule has 32 heavy (non-hydrogen) atoms. The van der Waals surface area contributed by atoms with E-state index in [1.807, 2.05) is 36.4 Å². The fourth-order valence-corrected chi connectivity index (χ4v) is 4.51. The number of carboxylic acids is 1. The lowest BCUT2D eigenvalue weighted by atomic mass is 9.98. The molecule has 168 valence electrons. The minimum atomic E-state index is -1.16. The van der Waals surface area contributed by atoms with Crippen LogP contribution in [0, 0.1) is 5.92 Å². The number of nitrogens with one attached hydrogen (secondary N) is 1. The van der Waals surface area contributed by atoms with Crippen molar-refractivity contribution in [2.45, 2.75) is 44.2 Å². The van der Waals surface area contributed by atoms with E-state index in [1.165, 1.54) is 11.9 Å². The maximum atomic E-state index is 13.0. The highest BCUT2D eigenvalue weighted by Gasteiger charge is 2.56. The first kappa shape index (κ1) is 21.9. The molecule has 0 aromatic heterocycles. The van der Waals surface area contributed by atoms with Crippen LogP contribution < -0.4 is 5.32 Å². The summed E-state index contributed by atoms with van der Waals surface area (Å²) >= 11 is 0. The number of likely N-dealkylation sites (N-methyl/N-ethyl adjacent to an activating group) is 1. The topological polar surface area (TPSA) is 95.9 Å². The second-order valence-corrected chi connectivity index (χ2v) is 8.93. The maximum Gasteiger partial charge on any atom is 0.407 e. The lowest BCUT2D eigenvalue weighted by molar-refractivity contribution is -0.152. The van der Waals surface area contributed by atoms with Gasteiger partial charge in [0.15, 0.2) is 0 Å². The summed E-state index contributed by atoms with van der Waals surface area (Å²) in [5, 5.41) is 12.1. The number of nitrogens with zero attached hydrogens (tertiary/aromatic N) is 1. The van der Waals surface area contributed by atoms with Gasteiger partial charge in [0, 0.05) is 13.0 Å². The molecule has 2 aliphatic rings. The molecule has 4 rings (SSSR count). The first-order valence-corrected chi connectivity index (χ1v) is 10.9. The van der Waals surface area contributed by atoms with E-state index in [0.717, 1.165) is 22.3 Å². The molecule has 2 amide bonds. The molecule has 7 heteroatoms. The number of amides is 2. The van der Waals surface area contributed by atoms with Gasteiger partial charge in [0.2, 0.25) is 5.91 Å². The number of fused-ring (bicyclic) bond motifs is 3. The van der Waals surface area contributed by atoms with Crippen molar-refractivity contribution in [2.75, 3.05) is 13.7 Å². The molecule has 1 fully saturated rings. The zero-order valence-corrected chi connectivity index (χ0v) is 18.5. The van der Waals surface area contributed by atoms with Gasteiger partial charge >= 0.3 is 12.1 Å². The number of alkyl carbamates (subject to hydrolysis) is 1. The smallest absolute Gasteiger partial charge is 0.407 e. The summed E-state index contributed by atoms with van der Waals surface area (Å²) in [5.41, 5.74) is 3.33. The average Bonchev–Trinajstić information content (AvgIpc) is 3.54. The number of ether oxygens (including phenoxy) is 1. The van der Waals surface area contributed by atoms with Gasteiger partial charge in [-0.15, -0.1) is 0 Å². The Morgan fingerprint density at radius 2 is 1.59 bits per heavy atom. The summed E-state index contributed by atoms with van der Waals surface area (Å²) in [6.07, 6.45) is 0.146. The number of hydrogen-bond acceptors (Lipinski definition) is 4. The summed E-state index contributed by atoms with van der Waals surface area (Å²) in [6, 6.07) is 15.3. The lowest BCUT2D eigenvalue weighted by Crippen LogP contribution is -2.55. The molecule has 2 aromatic carbocycles. The van der Waals surface area contributed by atoms with E-state index in [4.69, 9.17) is 4.74 Å². The minimum absolute atomic E-state index is 0.0780. The van der Waals surface area contributed by atoms with E-state index in [9.17, 15) is 19.5 Å². The maximum absolute atomic E-state index is 13.0. The van der Waals surface area contributed by atoms with Crippen molar-refractivity contribution in [3.63, 3.8) is 0 Å². The zero-order chi connectivity index (χ0) is 23.0. The summed E-state index contributed by atoms with van der Waals surface area (Å²) in [7, 11) is 1.48. The summed E-state index contributed by atoms with van der Waals surface area (Å²) in [6.45, 7) is 3.76. The summed E-state index contributed by atoms with van der Waals surface area (Å²) in [4.78, 5) is 38.5. The van der Waals surface area contributed by atoms with Crippen LogP contribution in [-0.2, 0) is 14.3 Å². The van der Waals surface area contributed by atoms with Gasteiger partial charge in [-0.3, -0.25) is 4.79 Å². The van der Waals surface area contributed by atoms with Crippen molar-refractivity contribution in [3.8, 4) is 11.1 Å². The Bertz CT molecular complexity index is 1010. The molecule has 2 aromatic rings. The van der Waals surface area contributed by atoms with Crippen molar-refractivity contribution in [2.24, 2.45) is 5.92 Å². The Morgan fingerprint density at radius 1 is 1.06 bits per heavy atom. The van der Waals surface area contributed by atoms with Crippen molar-refractivity contribution in [1.29, 1.82) is 0 Å². The molecule has 0 aliphatic heterocycles. The number of carbonyl (C=O) groups excluding carboxylic acids is 2. The van der Waals surface area contributed by atoms with Crippen LogP contribution in [0.1, 0.15) is 43.7 Å². The van der Waals surface area contributed by atoms with Crippen LogP contribution in [0.15, 0.2) is 48.5 Å². The number of rotatable bonds is 7. The Morgan fingerprint density at radius 3 is 2.06 bits per heavy atom. The van der Waals surface area contributed by atoms with Crippen LogP contribution in [0.4, 0.5) is 4.79 Å². The molecule has 1 atom stereocenters. The van der Waals surface area contributed by atoms with Gasteiger partial charge in [-0.2, -0.15) is 0 Å². The molecule has 0 radical (unpaired) electrons. The van der Waals surface area contributed by atoms with Crippen molar-refractivity contribution >= 4 is 18.0 Å². The Kier molecular flexibility index (Phi) is 5.67. The highest BCUT2D eigenvalue weighted by molar-refractivity contribution is 5.93. The molecular weight excluding hydrogens is 408 g/mol. The van der Waals surface area contributed by atoms with Gasteiger partial charge in [-0.05, 0) is 41.0 Å². The van der Waals surface area contributed by atoms with Crippen LogP contribution in [-0.4, -0.2) is 53.2 Å². The molecule has 0 saturated heterocycles. The highest BCUT2D eigenvalue weighted by atomic mass is 16.5. The third kappa shape index (κ3) is 3.72. The van der Waals surface area contributed by atoms with E-state index in [0.29, 0.717) is 12.8 Å². The first-order valence-electron chi connectivity index (χ1n) is 10.9. The van der Waals surface area contributed by atoms with Crippen molar-refractivity contribution in [3.05, 3.63) is 59.7 Å². The second-order valence-electron chi connectivity index (χ2n) is 8.93. The Balaban J connectivity index is 1.44. The molecule has 0 spiro atoms. The molecule has 0 heterocycles. The molecule has 2 N–H and O–H groups in total. The Hall–Kier alpha value is -3.35. The predicted octanol–water partition coefficient (Wildman–Crippen LogP) is 3.63. The number of aliphatic carboxylic acids is 1. The lowest BCUT2D eigenvalue weighted by Gasteiger charge is -2.30. The zero-order valence-electron chi connectivity index (χ0n) is 18.5. The quantitative estimate of drug-likeness (QED) is 0.691. The molecule has 0 unspecified atom stereocenters. The fourth-order valence-electron chi connectivity index (χ4n) is 4.51. The molecule has 1 saturated carbocycles. The van der Waals surface area contributed by atoms with E-state index in [2.05, 4.69) is 17.4 Å². The standard InChI is InChI=1S/C25H28N2O5/c1-15(2)21(22(28)27(3)25(12-13-25)23(29)30)26-24(31)32-14-20-18-10-6-4-8-16(18)17-9-5-7-11-19(17)20/h4-11,15,20-21H,12-14H2,1-3H3,(H,26,31)(H,29,30)/t21-/m0/s1. The van der Waals surface area contributed by atoms with Crippen LogP contribution in [0.25, 0.3) is 11.1 Å². The molecule has 7 nitrogen and oxygen atoms in total. The van der Waals surface area contributed by atoms with Crippen molar-refractivity contribution < 1.29 is 24.2 Å². The minimum Gasteiger partial charge on any atom is -0.479 e. The van der Waals surface area contributed by atoms with Gasteiger partial charge in [0.05, 0.1) is 0 Å². The third-order valence-corrected chi connectivity index (χ3v) is 6.64. The van der Waals surface area contributed by atoms with Gasteiger partial charge < -0.3 is 20.1 Å². The van der Waals surface area contributed by atoms with Crippen LogP contribution in [0.2, 0.25) is 0 Å². The van der Waals surface area contributed by atoms with Crippen LogP contribution >= 0.6 is 0 Å². The van der Waals surface area contributed by atoms with Crippen LogP contribution in [0.5, 0.6) is 0 Å². The van der Waals surface area contributed by atoms with E-state index in [1.54, 1.807) is 13.8 Å². The fraction of sp³-hybridized carbons (Fsp3) is 0.400. The van der Waals surface area contributed by atoms with Crippen molar-refractivity contribution in [1.82, 2.24) is 10.2 Å². The van der Waals surface area contributed by atoms with Gasteiger partial charge in [0.1, 0.15) is 18.2 Å².